The van der Waals surface area contributed by atoms with Crippen molar-refractivity contribution >= 4 is 33.5 Å². The number of ether oxygens (including phenoxy) is 2. The Kier molecular flexibility index (Phi) is 5.05. The SMILES string of the molecule is COc1ccc(CC(=O)Nc2nc(-c3ccc4[nH]c(=O)oc4c3)cs2)cc1OC. The minimum Gasteiger partial charge on any atom is -0.493 e. The first kappa shape index (κ1) is 18.8. The van der Waals surface area contributed by atoms with Crippen molar-refractivity contribution < 1.29 is 18.7 Å². The van der Waals surface area contributed by atoms with E-state index in [1.165, 1.54) is 11.3 Å². The Morgan fingerprint density at radius 2 is 2.00 bits per heavy atom. The van der Waals surface area contributed by atoms with Crippen LogP contribution in [0.15, 0.2) is 51.0 Å². The second kappa shape index (κ2) is 7.80. The summed E-state index contributed by atoms with van der Waals surface area (Å²) in [6, 6.07) is 10.7. The third-order valence-corrected chi connectivity index (χ3v) is 5.04. The summed E-state index contributed by atoms with van der Waals surface area (Å²) >= 11 is 1.32. The van der Waals surface area contributed by atoms with E-state index in [-0.39, 0.29) is 12.3 Å². The summed E-state index contributed by atoms with van der Waals surface area (Å²) in [7, 11) is 3.11. The smallest absolute Gasteiger partial charge is 0.417 e. The summed E-state index contributed by atoms with van der Waals surface area (Å²) in [5, 5.41) is 5.12. The Bertz CT molecular complexity index is 1240. The number of thiazole rings is 1. The maximum absolute atomic E-state index is 12.4. The number of aromatic nitrogens is 2. The molecule has 0 saturated heterocycles. The zero-order valence-electron chi connectivity index (χ0n) is 15.6. The van der Waals surface area contributed by atoms with Gasteiger partial charge in [-0.2, -0.15) is 0 Å². The van der Waals surface area contributed by atoms with Gasteiger partial charge in [-0.3, -0.25) is 9.78 Å². The minimum atomic E-state index is -0.501. The predicted molar refractivity (Wildman–Crippen MR) is 110 cm³/mol. The lowest BCUT2D eigenvalue weighted by Crippen LogP contribution is -2.14. The molecule has 4 aromatic rings. The number of fused-ring (bicyclic) bond motifs is 1. The van der Waals surface area contributed by atoms with Gasteiger partial charge in [0.1, 0.15) is 0 Å². The van der Waals surface area contributed by atoms with E-state index in [2.05, 4.69) is 15.3 Å². The molecule has 29 heavy (non-hydrogen) atoms. The number of aromatic amines is 1. The van der Waals surface area contributed by atoms with Crippen LogP contribution in [-0.2, 0) is 11.2 Å². The maximum atomic E-state index is 12.4. The molecule has 8 nitrogen and oxygen atoms in total. The fraction of sp³-hybridized carbons (Fsp3) is 0.150. The molecular formula is C20H17N3O5S. The van der Waals surface area contributed by atoms with E-state index in [1.54, 1.807) is 38.5 Å². The van der Waals surface area contributed by atoms with Gasteiger partial charge in [-0.25, -0.2) is 9.78 Å². The fourth-order valence-corrected chi connectivity index (χ4v) is 3.64. The number of oxazole rings is 1. The number of carbonyl (C=O) groups is 1. The molecule has 9 heteroatoms. The van der Waals surface area contributed by atoms with Crippen LogP contribution in [-0.4, -0.2) is 30.1 Å². The summed E-state index contributed by atoms with van der Waals surface area (Å²) in [4.78, 5) is 30.7. The van der Waals surface area contributed by atoms with Crippen LogP contribution in [0, 0.1) is 0 Å². The van der Waals surface area contributed by atoms with E-state index in [0.29, 0.717) is 33.4 Å². The van der Waals surface area contributed by atoms with Gasteiger partial charge in [-0.05, 0) is 29.8 Å². The highest BCUT2D eigenvalue weighted by Gasteiger charge is 2.12. The Hall–Kier alpha value is -3.59. The number of H-pyrrole nitrogens is 1. The van der Waals surface area contributed by atoms with Gasteiger partial charge in [-0.15, -0.1) is 11.3 Å². The average molecular weight is 411 g/mol. The molecule has 0 unspecified atom stereocenters. The Morgan fingerprint density at radius 1 is 1.17 bits per heavy atom. The standard InChI is InChI=1S/C20H17N3O5S/c1-26-15-6-3-11(7-17(15)27-2)8-18(24)23-19-21-14(10-29-19)12-4-5-13-16(9-12)28-20(25)22-13/h3-7,9-10H,8H2,1-2H3,(H,22,25)(H,21,23,24). The van der Waals surface area contributed by atoms with E-state index >= 15 is 0 Å². The molecule has 0 spiro atoms. The van der Waals surface area contributed by atoms with Crippen LogP contribution in [0.1, 0.15) is 5.56 Å². The molecule has 0 aliphatic carbocycles. The van der Waals surface area contributed by atoms with E-state index < -0.39 is 5.76 Å². The molecule has 2 heterocycles. The Labute approximate surface area is 169 Å². The number of carbonyl (C=O) groups excluding carboxylic acids is 1. The molecular weight excluding hydrogens is 394 g/mol. The molecule has 0 atom stereocenters. The van der Waals surface area contributed by atoms with Gasteiger partial charge >= 0.3 is 5.76 Å². The molecule has 0 aliphatic heterocycles. The van der Waals surface area contributed by atoms with Gasteiger partial charge in [0.25, 0.3) is 0 Å². The van der Waals surface area contributed by atoms with E-state index in [9.17, 15) is 9.59 Å². The van der Waals surface area contributed by atoms with Crippen molar-refractivity contribution in [3.8, 4) is 22.8 Å². The molecule has 4 rings (SSSR count). The second-order valence-corrected chi connectivity index (χ2v) is 7.04. The molecule has 1 amide bonds. The lowest BCUT2D eigenvalue weighted by atomic mass is 10.1. The predicted octanol–water partition coefficient (Wildman–Crippen LogP) is 3.44. The normalized spacial score (nSPS) is 10.8. The van der Waals surface area contributed by atoms with Gasteiger partial charge in [0.15, 0.2) is 22.2 Å². The van der Waals surface area contributed by atoms with Crippen LogP contribution in [0.3, 0.4) is 0 Å². The quantitative estimate of drug-likeness (QED) is 0.503. The van der Waals surface area contributed by atoms with E-state index in [4.69, 9.17) is 13.9 Å². The van der Waals surface area contributed by atoms with Crippen molar-refractivity contribution in [2.45, 2.75) is 6.42 Å². The third-order valence-electron chi connectivity index (χ3n) is 4.28. The first-order valence-corrected chi connectivity index (χ1v) is 9.53. The van der Waals surface area contributed by atoms with Gasteiger partial charge in [0.2, 0.25) is 5.91 Å². The topological polar surface area (TPSA) is 106 Å². The Morgan fingerprint density at radius 3 is 2.79 bits per heavy atom. The van der Waals surface area contributed by atoms with Crippen LogP contribution in [0.5, 0.6) is 11.5 Å². The third kappa shape index (κ3) is 3.99. The summed E-state index contributed by atoms with van der Waals surface area (Å²) < 4.78 is 15.5. The van der Waals surface area contributed by atoms with E-state index in [1.807, 2.05) is 17.5 Å². The summed E-state index contributed by atoms with van der Waals surface area (Å²) in [5.41, 5.74) is 3.35. The van der Waals surface area contributed by atoms with Crippen LogP contribution >= 0.6 is 11.3 Å². The number of benzene rings is 2. The Balaban J connectivity index is 1.47. The summed E-state index contributed by atoms with van der Waals surface area (Å²) in [5.74, 6) is 0.487. The molecule has 0 radical (unpaired) electrons. The summed E-state index contributed by atoms with van der Waals surface area (Å²) in [6.45, 7) is 0. The first-order valence-electron chi connectivity index (χ1n) is 8.65. The number of nitrogens with one attached hydrogen (secondary N) is 2. The number of anilines is 1. The van der Waals surface area contributed by atoms with Crippen LogP contribution in [0.4, 0.5) is 5.13 Å². The molecule has 0 bridgehead atoms. The number of hydrogen-bond acceptors (Lipinski definition) is 7. The second-order valence-electron chi connectivity index (χ2n) is 6.18. The average Bonchev–Trinajstić information content (AvgIpc) is 3.32. The van der Waals surface area contributed by atoms with Crippen molar-refractivity contribution in [1.82, 2.24) is 9.97 Å². The highest BCUT2D eigenvalue weighted by molar-refractivity contribution is 7.14. The first-order chi connectivity index (χ1) is 14.1. The lowest BCUT2D eigenvalue weighted by molar-refractivity contribution is -0.115. The monoisotopic (exact) mass is 411 g/mol. The van der Waals surface area contributed by atoms with Crippen molar-refractivity contribution in [1.29, 1.82) is 0 Å². The summed E-state index contributed by atoms with van der Waals surface area (Å²) in [6.07, 6.45) is 0.176. The van der Waals surface area contributed by atoms with E-state index in [0.717, 1.165) is 11.1 Å². The van der Waals surface area contributed by atoms with Crippen LogP contribution < -0.4 is 20.5 Å². The van der Waals surface area contributed by atoms with Crippen molar-refractivity contribution in [3.63, 3.8) is 0 Å². The van der Waals surface area contributed by atoms with Gasteiger partial charge in [0, 0.05) is 10.9 Å². The highest BCUT2D eigenvalue weighted by atomic mass is 32.1. The van der Waals surface area contributed by atoms with Crippen LogP contribution in [0.2, 0.25) is 0 Å². The molecule has 0 fully saturated rings. The maximum Gasteiger partial charge on any atom is 0.417 e. The number of nitrogens with zero attached hydrogens (tertiary/aromatic N) is 1. The lowest BCUT2D eigenvalue weighted by Gasteiger charge is -2.09. The number of methoxy groups -OCH3 is 2. The highest BCUT2D eigenvalue weighted by Crippen LogP contribution is 2.29. The van der Waals surface area contributed by atoms with Gasteiger partial charge in [0.05, 0.1) is 31.9 Å². The molecule has 0 aliphatic rings. The van der Waals surface area contributed by atoms with Crippen molar-refractivity contribution in [2.24, 2.45) is 0 Å². The molecule has 2 aromatic heterocycles. The van der Waals surface area contributed by atoms with Gasteiger partial charge < -0.3 is 19.2 Å². The minimum absolute atomic E-state index is 0.176. The largest absolute Gasteiger partial charge is 0.493 e. The molecule has 2 N–H and O–H groups in total. The van der Waals surface area contributed by atoms with Gasteiger partial charge in [-0.1, -0.05) is 12.1 Å². The number of amides is 1. The van der Waals surface area contributed by atoms with Crippen LogP contribution in [0.25, 0.3) is 22.4 Å². The van der Waals surface area contributed by atoms with Crippen molar-refractivity contribution in [2.75, 3.05) is 19.5 Å². The molecule has 148 valence electrons. The van der Waals surface area contributed by atoms with Crippen molar-refractivity contribution in [3.05, 3.63) is 57.9 Å². The zero-order chi connectivity index (χ0) is 20.4. The number of rotatable bonds is 6. The zero-order valence-corrected chi connectivity index (χ0v) is 16.5. The molecule has 0 saturated carbocycles. The fourth-order valence-electron chi connectivity index (χ4n) is 2.91. The number of hydrogen-bond donors (Lipinski definition) is 2. The molecule has 2 aromatic carbocycles.